The molecule has 23 heavy (non-hydrogen) atoms. The van der Waals surface area contributed by atoms with Crippen LogP contribution in [0.25, 0.3) is 0 Å². The van der Waals surface area contributed by atoms with Gasteiger partial charge in [-0.1, -0.05) is 30.7 Å². The van der Waals surface area contributed by atoms with E-state index in [1.54, 1.807) is 0 Å². The van der Waals surface area contributed by atoms with Crippen LogP contribution >= 0.6 is 12.4 Å². The SMILES string of the molecule is Cc1ccc(C)c(C2CN(C(=O)C(C)C(C)N)C(C)CO2)c1.Cl. The standard InChI is InChI=1S/C18H28N2O2.ClH/c1-11-6-7-12(2)16(8-11)17-9-20(13(3)10-22-17)18(21)14(4)15(5)19;/h6-8,13-15,17H,9-10,19H2,1-5H3;1H. The minimum atomic E-state index is -0.167. The third-order valence-electron chi connectivity index (χ3n) is 4.68. The summed E-state index contributed by atoms with van der Waals surface area (Å²) in [5.41, 5.74) is 9.50. The van der Waals surface area contributed by atoms with E-state index in [9.17, 15) is 4.79 Å². The minimum absolute atomic E-state index is 0. The second-order valence-corrected chi connectivity index (χ2v) is 6.67. The first-order valence-corrected chi connectivity index (χ1v) is 8.06. The van der Waals surface area contributed by atoms with E-state index >= 15 is 0 Å². The van der Waals surface area contributed by atoms with Crippen molar-refractivity contribution in [3.63, 3.8) is 0 Å². The molecule has 4 nitrogen and oxygen atoms in total. The Morgan fingerprint density at radius 1 is 1.35 bits per heavy atom. The van der Waals surface area contributed by atoms with Gasteiger partial charge < -0.3 is 15.4 Å². The van der Waals surface area contributed by atoms with Crippen LogP contribution < -0.4 is 5.73 Å². The molecule has 1 aliphatic heterocycles. The van der Waals surface area contributed by atoms with Crippen molar-refractivity contribution in [1.82, 2.24) is 4.90 Å². The zero-order valence-electron chi connectivity index (χ0n) is 14.7. The molecule has 5 heteroatoms. The number of carbonyl (C=O) groups is 1. The molecule has 1 amide bonds. The molecule has 4 atom stereocenters. The summed E-state index contributed by atoms with van der Waals surface area (Å²) in [6, 6.07) is 6.33. The van der Waals surface area contributed by atoms with E-state index in [-0.39, 0.29) is 42.4 Å². The van der Waals surface area contributed by atoms with Gasteiger partial charge in [-0.15, -0.1) is 12.4 Å². The predicted molar refractivity (Wildman–Crippen MR) is 95.8 cm³/mol. The molecule has 0 saturated carbocycles. The summed E-state index contributed by atoms with van der Waals surface area (Å²) in [7, 11) is 0. The summed E-state index contributed by atoms with van der Waals surface area (Å²) < 4.78 is 6.01. The number of morpholine rings is 1. The van der Waals surface area contributed by atoms with E-state index in [0.717, 1.165) is 0 Å². The van der Waals surface area contributed by atoms with Crippen molar-refractivity contribution in [3.8, 4) is 0 Å². The Morgan fingerprint density at radius 2 is 2.00 bits per heavy atom. The first-order valence-electron chi connectivity index (χ1n) is 8.06. The van der Waals surface area contributed by atoms with Crippen LogP contribution in [0, 0.1) is 19.8 Å². The third kappa shape index (κ3) is 4.46. The summed E-state index contributed by atoms with van der Waals surface area (Å²) in [5, 5.41) is 0. The number of carbonyl (C=O) groups excluding carboxylic acids is 1. The number of rotatable bonds is 3. The van der Waals surface area contributed by atoms with E-state index in [0.29, 0.717) is 13.2 Å². The van der Waals surface area contributed by atoms with Crippen molar-refractivity contribution in [3.05, 3.63) is 34.9 Å². The van der Waals surface area contributed by atoms with Gasteiger partial charge in [-0.05, 0) is 38.8 Å². The number of hydrogen-bond acceptors (Lipinski definition) is 3. The lowest BCUT2D eigenvalue weighted by molar-refractivity contribution is -0.148. The Bertz CT molecular complexity index is 548. The van der Waals surface area contributed by atoms with E-state index in [4.69, 9.17) is 10.5 Å². The smallest absolute Gasteiger partial charge is 0.227 e. The van der Waals surface area contributed by atoms with E-state index in [1.807, 2.05) is 25.7 Å². The van der Waals surface area contributed by atoms with Crippen LogP contribution in [0.2, 0.25) is 0 Å². The molecular formula is C18H29ClN2O2. The lowest BCUT2D eigenvalue weighted by Crippen LogP contribution is -2.52. The maximum Gasteiger partial charge on any atom is 0.227 e. The number of hydrogen-bond donors (Lipinski definition) is 1. The Balaban J connectivity index is 0.00000264. The van der Waals surface area contributed by atoms with Crippen LogP contribution in [0.15, 0.2) is 18.2 Å². The monoisotopic (exact) mass is 340 g/mol. The molecule has 0 aromatic heterocycles. The molecule has 2 rings (SSSR count). The normalized spacial score (nSPS) is 23.8. The summed E-state index contributed by atoms with van der Waals surface area (Å²) in [6.07, 6.45) is -0.0552. The fourth-order valence-corrected chi connectivity index (χ4v) is 2.85. The molecule has 4 unspecified atom stereocenters. The van der Waals surface area contributed by atoms with Crippen molar-refractivity contribution in [1.29, 1.82) is 0 Å². The molecule has 0 bridgehead atoms. The Labute approximate surface area is 145 Å². The average Bonchev–Trinajstić information content (AvgIpc) is 2.48. The van der Waals surface area contributed by atoms with Gasteiger partial charge in [0.2, 0.25) is 5.91 Å². The summed E-state index contributed by atoms with van der Waals surface area (Å²) >= 11 is 0. The van der Waals surface area contributed by atoms with Crippen LogP contribution in [0.1, 0.15) is 43.6 Å². The second-order valence-electron chi connectivity index (χ2n) is 6.67. The minimum Gasteiger partial charge on any atom is -0.370 e. The molecule has 1 aromatic carbocycles. The first-order chi connectivity index (χ1) is 10.3. The molecule has 1 aromatic rings. The zero-order valence-corrected chi connectivity index (χ0v) is 15.5. The Kier molecular flexibility index (Phi) is 7.05. The summed E-state index contributed by atoms with van der Waals surface area (Å²) in [6.45, 7) is 11.2. The molecule has 0 radical (unpaired) electrons. The number of halogens is 1. The maximum absolute atomic E-state index is 12.7. The Hall–Kier alpha value is -1.10. The second kappa shape index (κ2) is 8.13. The van der Waals surface area contributed by atoms with Crippen LogP contribution in [-0.4, -0.2) is 36.0 Å². The van der Waals surface area contributed by atoms with Crippen LogP contribution in [0.4, 0.5) is 0 Å². The number of aryl methyl sites for hydroxylation is 2. The summed E-state index contributed by atoms with van der Waals surface area (Å²) in [4.78, 5) is 14.6. The molecule has 130 valence electrons. The van der Waals surface area contributed by atoms with Gasteiger partial charge in [0.25, 0.3) is 0 Å². The lowest BCUT2D eigenvalue weighted by Gasteiger charge is -2.40. The molecule has 1 heterocycles. The van der Waals surface area contributed by atoms with E-state index in [2.05, 4.69) is 32.0 Å². The topological polar surface area (TPSA) is 55.6 Å². The number of ether oxygens (including phenoxy) is 1. The number of benzene rings is 1. The highest BCUT2D eigenvalue weighted by Crippen LogP contribution is 2.29. The highest BCUT2D eigenvalue weighted by molar-refractivity contribution is 5.85. The zero-order chi connectivity index (χ0) is 16.4. The molecular weight excluding hydrogens is 312 g/mol. The molecule has 2 N–H and O–H groups in total. The van der Waals surface area contributed by atoms with Crippen molar-refractivity contribution in [2.45, 2.75) is 52.8 Å². The largest absolute Gasteiger partial charge is 0.370 e. The number of nitrogens with zero attached hydrogens (tertiary/aromatic N) is 1. The van der Waals surface area contributed by atoms with Gasteiger partial charge in [0.1, 0.15) is 6.10 Å². The van der Waals surface area contributed by atoms with Gasteiger partial charge in [0.15, 0.2) is 0 Å². The van der Waals surface area contributed by atoms with Crippen LogP contribution in [-0.2, 0) is 9.53 Å². The lowest BCUT2D eigenvalue weighted by atomic mass is 9.97. The van der Waals surface area contributed by atoms with Crippen molar-refractivity contribution in [2.24, 2.45) is 11.7 Å². The van der Waals surface area contributed by atoms with E-state index in [1.165, 1.54) is 16.7 Å². The molecule has 1 saturated heterocycles. The molecule has 1 aliphatic rings. The highest BCUT2D eigenvalue weighted by Gasteiger charge is 2.34. The average molecular weight is 341 g/mol. The van der Waals surface area contributed by atoms with Gasteiger partial charge in [-0.2, -0.15) is 0 Å². The van der Waals surface area contributed by atoms with Crippen LogP contribution in [0.3, 0.4) is 0 Å². The predicted octanol–water partition coefficient (Wildman–Crippen LogP) is 3.00. The van der Waals surface area contributed by atoms with Gasteiger partial charge >= 0.3 is 0 Å². The fourth-order valence-electron chi connectivity index (χ4n) is 2.85. The van der Waals surface area contributed by atoms with Crippen LogP contribution in [0.5, 0.6) is 0 Å². The quantitative estimate of drug-likeness (QED) is 0.920. The number of amides is 1. The fraction of sp³-hybridized carbons (Fsp3) is 0.611. The molecule has 1 fully saturated rings. The van der Waals surface area contributed by atoms with E-state index < -0.39 is 0 Å². The van der Waals surface area contributed by atoms with Gasteiger partial charge in [-0.3, -0.25) is 4.79 Å². The molecule has 0 aliphatic carbocycles. The summed E-state index contributed by atoms with van der Waals surface area (Å²) in [5.74, 6) is -0.0408. The third-order valence-corrected chi connectivity index (χ3v) is 4.68. The van der Waals surface area contributed by atoms with Crippen molar-refractivity contribution >= 4 is 18.3 Å². The van der Waals surface area contributed by atoms with Crippen molar-refractivity contribution in [2.75, 3.05) is 13.2 Å². The first kappa shape index (κ1) is 19.9. The maximum atomic E-state index is 12.7. The van der Waals surface area contributed by atoms with Crippen molar-refractivity contribution < 1.29 is 9.53 Å². The van der Waals surface area contributed by atoms with Gasteiger partial charge in [0.05, 0.1) is 25.1 Å². The Morgan fingerprint density at radius 3 is 2.61 bits per heavy atom. The molecule has 0 spiro atoms. The highest BCUT2D eigenvalue weighted by atomic mass is 35.5. The van der Waals surface area contributed by atoms with Gasteiger partial charge in [0, 0.05) is 6.04 Å². The van der Waals surface area contributed by atoms with Gasteiger partial charge in [-0.25, -0.2) is 0 Å². The number of nitrogens with two attached hydrogens (primary N) is 1.